The van der Waals surface area contributed by atoms with Crippen LogP contribution >= 0.6 is 11.3 Å². The number of hydrogen-bond acceptors (Lipinski definition) is 4. The normalized spacial score (nSPS) is 13.1. The fourth-order valence-electron chi connectivity index (χ4n) is 17.6. The minimum absolute atomic E-state index is 0.298. The van der Waals surface area contributed by atoms with Gasteiger partial charge in [0, 0.05) is 75.9 Å². The van der Waals surface area contributed by atoms with Gasteiger partial charge in [0.05, 0.1) is 16.8 Å². The molecule has 21 rings (SSSR count). The molecular weight excluding hydrogens is 1270 g/mol. The van der Waals surface area contributed by atoms with Crippen LogP contribution < -0.4 is 26.2 Å². The lowest BCUT2D eigenvalue weighted by Gasteiger charge is -2.47. The van der Waals surface area contributed by atoms with Gasteiger partial charge in [-0.3, -0.25) is 0 Å². The maximum Gasteiger partial charge on any atom is 0.252 e. The number of fused-ring (bicyclic) bond motifs is 13. The fourth-order valence-corrected chi connectivity index (χ4v) is 18.7. The maximum atomic E-state index is 17.1. The number of furan rings is 1. The highest BCUT2D eigenvalue weighted by molar-refractivity contribution is 7.25. The smallest absolute Gasteiger partial charge is 0.252 e. The monoisotopic (exact) mass is 1330 g/mol. The number of para-hydroxylation sites is 3. The lowest BCUT2D eigenvalue weighted by Crippen LogP contribution is -2.61. The summed E-state index contributed by atoms with van der Waals surface area (Å²) in [5, 5.41) is 4.65. The second-order valence-electron chi connectivity index (χ2n) is 27.4. The Morgan fingerprint density at radius 2 is 0.699 bits per heavy atom. The van der Waals surface area contributed by atoms with Crippen molar-refractivity contribution >= 4 is 111 Å². The summed E-state index contributed by atoms with van der Waals surface area (Å²) in [7, 11) is 0. The van der Waals surface area contributed by atoms with Gasteiger partial charge in [0.25, 0.3) is 6.71 Å². The number of halogens is 1. The van der Waals surface area contributed by atoms with Crippen molar-refractivity contribution in [3.05, 3.63) is 392 Å². The molecule has 0 amide bonds. The Kier molecular flexibility index (Phi) is 13.4. The molecule has 0 bridgehead atoms. The Balaban J connectivity index is 0.958. The zero-order chi connectivity index (χ0) is 67.9. The Bertz CT molecular complexity index is 6000. The van der Waals surface area contributed by atoms with Crippen molar-refractivity contribution in [2.45, 2.75) is 5.41 Å². The molecule has 0 N–H and O–H groups in total. The molecule has 2 aromatic heterocycles. The van der Waals surface area contributed by atoms with Gasteiger partial charge in [-0.2, -0.15) is 0 Å². The van der Waals surface area contributed by atoms with E-state index in [1.165, 1.54) is 25.6 Å². The number of hydrogen-bond donors (Lipinski definition) is 0. The van der Waals surface area contributed by atoms with Gasteiger partial charge in [-0.25, -0.2) is 4.39 Å². The molecule has 0 unspecified atom stereocenters. The van der Waals surface area contributed by atoms with Crippen LogP contribution in [0.2, 0.25) is 0 Å². The summed E-state index contributed by atoms with van der Waals surface area (Å²) in [4.78, 5) is 5.29. The largest absolute Gasteiger partial charge is 0.456 e. The summed E-state index contributed by atoms with van der Waals surface area (Å²) in [5.41, 5.74) is 29.7. The van der Waals surface area contributed by atoms with E-state index in [1.54, 1.807) is 12.1 Å². The molecule has 6 heteroatoms. The van der Waals surface area contributed by atoms with Gasteiger partial charge in [0.2, 0.25) is 0 Å². The molecule has 3 aliphatic rings. The van der Waals surface area contributed by atoms with Crippen LogP contribution in [0.4, 0.5) is 38.5 Å². The quantitative estimate of drug-likeness (QED) is 0.127. The van der Waals surface area contributed by atoms with Crippen molar-refractivity contribution in [2.24, 2.45) is 0 Å². The molecule has 0 fully saturated rings. The van der Waals surface area contributed by atoms with Crippen LogP contribution in [0.15, 0.2) is 368 Å². The molecule has 16 aromatic carbocycles. The highest BCUT2D eigenvalue weighted by Gasteiger charge is 2.51. The van der Waals surface area contributed by atoms with Crippen molar-refractivity contribution in [1.29, 1.82) is 0 Å². The molecule has 3 nitrogen and oxygen atoms in total. The summed E-state index contributed by atoms with van der Waals surface area (Å²) < 4.78 is 26.1. The summed E-state index contributed by atoms with van der Waals surface area (Å²) in [6, 6.07) is 133. The summed E-state index contributed by atoms with van der Waals surface area (Å²) in [5.74, 6) is -0.298. The van der Waals surface area contributed by atoms with Gasteiger partial charge in [-0.15, -0.1) is 11.3 Å². The summed E-state index contributed by atoms with van der Waals surface area (Å²) in [6.45, 7) is -0.329. The standard InChI is InChI=1S/C97H60BFN2OS/c99-71-33-21-32-69(58-71)97(82-42-17-13-34-76(82)77-35-14-18-43-83(77)97)70-59-88-94-89(60-70)101(96-74(63-28-9-3-10-29-63)40-23-41-75(96)64-30-11-4-12-31-64)87-57-68(66-49-53-93-81(55-66)79-37-16-20-45-92(79)103-93)47-51-85(87)98(94)84-50-46-67(65-48-52-91-80(54-65)78-36-15-19-44-90(78)102-91)56-86(84)100(88)95-72(61-24-5-1-6-25-61)38-22-39-73(95)62-26-7-2-8-27-62/h1-60H. The molecular formula is C97H60BFN2OS. The fraction of sp³-hybridized carbons (Fsp3) is 0.0103. The van der Waals surface area contributed by atoms with Gasteiger partial charge >= 0.3 is 0 Å². The van der Waals surface area contributed by atoms with E-state index in [2.05, 4.69) is 350 Å². The first kappa shape index (κ1) is 59.0. The topological polar surface area (TPSA) is 19.6 Å². The number of anilines is 6. The number of benzene rings is 16. The van der Waals surface area contributed by atoms with E-state index >= 15 is 4.39 Å². The van der Waals surface area contributed by atoms with E-state index < -0.39 is 5.41 Å². The van der Waals surface area contributed by atoms with E-state index in [-0.39, 0.29) is 12.5 Å². The molecule has 103 heavy (non-hydrogen) atoms. The zero-order valence-electron chi connectivity index (χ0n) is 55.8. The third-order valence-electron chi connectivity index (χ3n) is 22.0. The van der Waals surface area contributed by atoms with Crippen molar-refractivity contribution in [2.75, 3.05) is 9.80 Å². The van der Waals surface area contributed by atoms with Crippen LogP contribution in [0.1, 0.15) is 22.3 Å². The maximum absolute atomic E-state index is 17.1. The van der Waals surface area contributed by atoms with Gasteiger partial charge in [-0.05, 0) is 167 Å². The van der Waals surface area contributed by atoms with Gasteiger partial charge < -0.3 is 14.2 Å². The number of rotatable bonds is 10. The van der Waals surface area contributed by atoms with Crippen LogP contribution in [0.3, 0.4) is 0 Å². The molecule has 0 atom stereocenters. The molecule has 0 radical (unpaired) electrons. The van der Waals surface area contributed by atoms with Crippen molar-refractivity contribution in [3.63, 3.8) is 0 Å². The molecule has 4 heterocycles. The minimum atomic E-state index is -1.07. The summed E-state index contributed by atoms with van der Waals surface area (Å²) >= 11 is 1.84. The van der Waals surface area contributed by atoms with Gasteiger partial charge in [0.15, 0.2) is 0 Å². The predicted molar refractivity (Wildman–Crippen MR) is 431 cm³/mol. The van der Waals surface area contributed by atoms with Gasteiger partial charge in [-0.1, -0.05) is 291 Å². The van der Waals surface area contributed by atoms with E-state index in [0.717, 1.165) is 167 Å². The Morgan fingerprint density at radius 1 is 0.282 bits per heavy atom. The van der Waals surface area contributed by atoms with Crippen molar-refractivity contribution < 1.29 is 8.81 Å². The van der Waals surface area contributed by atoms with Crippen LogP contribution in [0.5, 0.6) is 0 Å². The highest BCUT2D eigenvalue weighted by Crippen LogP contribution is 2.60. The van der Waals surface area contributed by atoms with Crippen LogP contribution in [0.25, 0.3) is 120 Å². The van der Waals surface area contributed by atoms with E-state index in [4.69, 9.17) is 4.42 Å². The van der Waals surface area contributed by atoms with E-state index in [0.29, 0.717) is 0 Å². The summed E-state index contributed by atoms with van der Waals surface area (Å²) in [6.07, 6.45) is 0. The lowest BCUT2D eigenvalue weighted by molar-refractivity contribution is 0.620. The minimum Gasteiger partial charge on any atom is -0.456 e. The molecule has 18 aromatic rings. The average Bonchev–Trinajstić information content (AvgIpc) is 1.67. The Hall–Kier alpha value is -12.9. The first-order chi connectivity index (χ1) is 51.0. The van der Waals surface area contributed by atoms with E-state index in [1.807, 2.05) is 23.5 Å². The zero-order valence-corrected chi connectivity index (χ0v) is 56.6. The Morgan fingerprint density at radius 3 is 1.24 bits per heavy atom. The van der Waals surface area contributed by atoms with Gasteiger partial charge in [0.1, 0.15) is 17.0 Å². The second-order valence-corrected chi connectivity index (χ2v) is 28.5. The second kappa shape index (κ2) is 23.4. The van der Waals surface area contributed by atoms with Crippen LogP contribution in [-0.2, 0) is 5.41 Å². The third kappa shape index (κ3) is 9.07. The first-order valence-corrected chi connectivity index (χ1v) is 36.1. The predicted octanol–water partition coefficient (Wildman–Crippen LogP) is 24.5. The Labute approximate surface area is 600 Å². The lowest BCUT2D eigenvalue weighted by atomic mass is 9.33. The molecule has 0 saturated heterocycles. The first-order valence-electron chi connectivity index (χ1n) is 35.3. The number of thiophene rings is 1. The molecule has 0 saturated carbocycles. The highest BCUT2D eigenvalue weighted by atomic mass is 32.1. The average molecular weight is 1330 g/mol. The molecule has 1 aliphatic carbocycles. The van der Waals surface area contributed by atoms with Crippen LogP contribution in [0, 0.1) is 5.82 Å². The van der Waals surface area contributed by atoms with E-state index in [9.17, 15) is 0 Å². The van der Waals surface area contributed by atoms with Crippen molar-refractivity contribution in [1.82, 2.24) is 0 Å². The molecule has 0 spiro atoms. The SMILES string of the molecule is Fc1cccc(C2(c3cc4c5c(c3)N(c3c(-c6ccccc6)cccc3-c3ccccc3)c3cc(-c6ccc7sc8ccccc8c7c6)ccc3B5c3ccc(-c5ccc6oc7ccccc7c6c5)cc3N4c3c(-c4ccccc4)cccc3-c3ccccc3)c3ccccc3-c3ccccc32)c1. The molecule has 480 valence electrons. The van der Waals surface area contributed by atoms with Crippen LogP contribution in [-0.4, -0.2) is 6.71 Å². The molecule has 2 aliphatic heterocycles. The van der Waals surface area contributed by atoms with Crippen molar-refractivity contribution in [3.8, 4) is 77.9 Å². The third-order valence-corrected chi connectivity index (χ3v) is 23.1. The number of nitrogens with zero attached hydrogens (tertiary/aromatic N) is 2.